The second-order valence-electron chi connectivity index (χ2n) is 5.42. The average Bonchev–Trinajstić information content (AvgIpc) is 2.40. The van der Waals surface area contributed by atoms with E-state index >= 15 is 0 Å². The first-order chi connectivity index (χ1) is 9.95. The van der Waals surface area contributed by atoms with Crippen LogP contribution in [0.25, 0.3) is 0 Å². The molecule has 0 amide bonds. The molecule has 1 aromatic carbocycles. The van der Waals surface area contributed by atoms with Crippen molar-refractivity contribution in [1.82, 2.24) is 0 Å². The predicted octanol–water partition coefficient (Wildman–Crippen LogP) is 1.30. The van der Waals surface area contributed by atoms with Crippen molar-refractivity contribution in [2.75, 3.05) is 6.61 Å². The Morgan fingerprint density at radius 3 is 2.67 bits per heavy atom. The van der Waals surface area contributed by atoms with Crippen molar-refractivity contribution in [3.05, 3.63) is 23.8 Å². The Morgan fingerprint density at radius 2 is 2.05 bits per heavy atom. The number of nitrogens with two attached hydrogens (primary N) is 1. The fourth-order valence-corrected chi connectivity index (χ4v) is 3.08. The minimum absolute atomic E-state index is 0.00483. The number of hydrogen-bond acceptors (Lipinski definition) is 5. The number of carbonyl (C=O) groups is 1. The molecule has 6 nitrogen and oxygen atoms in total. The zero-order valence-corrected chi connectivity index (χ0v) is 12.3. The molecule has 0 spiro atoms. The maximum atomic E-state index is 12.3. The van der Waals surface area contributed by atoms with E-state index in [0.29, 0.717) is 24.3 Å². The molecule has 1 atom stereocenters. The van der Waals surface area contributed by atoms with Gasteiger partial charge in [-0.2, -0.15) is 0 Å². The highest BCUT2D eigenvalue weighted by Crippen LogP contribution is 2.37. The van der Waals surface area contributed by atoms with E-state index in [0.717, 1.165) is 19.3 Å². The summed E-state index contributed by atoms with van der Waals surface area (Å²) >= 11 is 0. The lowest BCUT2D eigenvalue weighted by atomic mass is 9.92. The van der Waals surface area contributed by atoms with Gasteiger partial charge in [-0.3, -0.25) is 4.79 Å². The molecule has 2 aliphatic rings. The van der Waals surface area contributed by atoms with Gasteiger partial charge in [0.1, 0.15) is 11.9 Å². The Morgan fingerprint density at radius 1 is 1.29 bits per heavy atom. The number of primary sulfonamides is 1. The van der Waals surface area contributed by atoms with Crippen LogP contribution in [0.4, 0.5) is 0 Å². The Labute approximate surface area is 123 Å². The molecule has 2 N–H and O–H groups in total. The highest BCUT2D eigenvalue weighted by atomic mass is 32.2. The van der Waals surface area contributed by atoms with Crippen molar-refractivity contribution >= 4 is 16.0 Å². The fourth-order valence-electron chi connectivity index (χ4n) is 2.53. The fraction of sp³-hybridized carbons (Fsp3) is 0.500. The van der Waals surface area contributed by atoms with Gasteiger partial charge >= 0.3 is 5.97 Å². The molecule has 1 aliphatic heterocycles. The summed E-state index contributed by atoms with van der Waals surface area (Å²) in [7, 11) is -3.81. The summed E-state index contributed by atoms with van der Waals surface area (Å²) in [6.07, 6.45) is 3.37. The number of hydrogen-bond donors (Lipinski definition) is 1. The van der Waals surface area contributed by atoms with Gasteiger partial charge in [-0.15, -0.1) is 0 Å². The lowest BCUT2D eigenvalue weighted by molar-refractivity contribution is -0.155. The molecule has 1 unspecified atom stereocenters. The van der Waals surface area contributed by atoms with Gasteiger partial charge in [-0.05, 0) is 43.9 Å². The third-order valence-corrected chi connectivity index (χ3v) is 4.88. The molecule has 1 aliphatic carbocycles. The number of rotatable bonds is 3. The number of carbonyl (C=O) groups excluding carboxylic acids is 1. The number of esters is 1. The maximum Gasteiger partial charge on any atom is 0.313 e. The van der Waals surface area contributed by atoms with Crippen LogP contribution in [0.1, 0.15) is 37.2 Å². The molecule has 0 aromatic heterocycles. The summed E-state index contributed by atoms with van der Waals surface area (Å²) in [5.41, 5.74) is 0.539. The second kappa shape index (κ2) is 5.31. The molecule has 7 heteroatoms. The highest BCUT2D eigenvalue weighted by molar-refractivity contribution is 7.89. The van der Waals surface area contributed by atoms with Gasteiger partial charge in [0.2, 0.25) is 10.0 Å². The standard InChI is InChI=1S/C14H17NO5S/c15-21(17,18)10-4-5-13-12(8-10)11(6-7-19-13)14(16)20-9-2-1-3-9/h4-5,8-9,11H,1-3,6-7H2,(H2,15,17,18). The number of fused-ring (bicyclic) bond motifs is 1. The van der Waals surface area contributed by atoms with Gasteiger partial charge in [0.25, 0.3) is 0 Å². The predicted molar refractivity (Wildman–Crippen MR) is 74.4 cm³/mol. The highest BCUT2D eigenvalue weighted by Gasteiger charge is 2.33. The quantitative estimate of drug-likeness (QED) is 0.849. The summed E-state index contributed by atoms with van der Waals surface area (Å²) in [4.78, 5) is 12.2. The van der Waals surface area contributed by atoms with Gasteiger partial charge in [-0.25, -0.2) is 13.6 Å². The Bertz CT molecular complexity index is 666. The van der Waals surface area contributed by atoms with Crippen molar-refractivity contribution in [3.8, 4) is 5.75 Å². The third kappa shape index (κ3) is 2.89. The summed E-state index contributed by atoms with van der Waals surface area (Å²) in [5.74, 6) is -0.281. The summed E-state index contributed by atoms with van der Waals surface area (Å²) in [5, 5.41) is 5.14. The molecule has 114 valence electrons. The van der Waals surface area contributed by atoms with E-state index in [2.05, 4.69) is 0 Å². The van der Waals surface area contributed by atoms with Crippen LogP contribution in [0.2, 0.25) is 0 Å². The van der Waals surface area contributed by atoms with Crippen LogP contribution in [-0.2, 0) is 19.6 Å². The van der Waals surface area contributed by atoms with Crippen molar-refractivity contribution < 1.29 is 22.7 Å². The van der Waals surface area contributed by atoms with Gasteiger partial charge < -0.3 is 9.47 Å². The van der Waals surface area contributed by atoms with Crippen molar-refractivity contribution in [1.29, 1.82) is 0 Å². The van der Waals surface area contributed by atoms with Gasteiger partial charge in [0, 0.05) is 5.56 Å². The zero-order chi connectivity index (χ0) is 15.0. The SMILES string of the molecule is NS(=O)(=O)c1ccc2c(c1)C(C(=O)OC1CCC1)CCO2. The molecule has 0 saturated heterocycles. The monoisotopic (exact) mass is 311 g/mol. The minimum atomic E-state index is -3.81. The molecule has 1 aromatic rings. The van der Waals surface area contributed by atoms with Crippen LogP contribution >= 0.6 is 0 Å². The molecule has 21 heavy (non-hydrogen) atoms. The number of ether oxygens (including phenoxy) is 2. The van der Waals surface area contributed by atoms with Crippen LogP contribution in [0.15, 0.2) is 23.1 Å². The zero-order valence-electron chi connectivity index (χ0n) is 11.4. The third-order valence-electron chi connectivity index (χ3n) is 3.97. The van der Waals surface area contributed by atoms with E-state index in [1.54, 1.807) is 0 Å². The molecule has 3 rings (SSSR count). The Kier molecular flexibility index (Phi) is 3.62. The van der Waals surface area contributed by atoms with E-state index in [9.17, 15) is 13.2 Å². The average molecular weight is 311 g/mol. The molecular formula is C14H17NO5S. The number of benzene rings is 1. The van der Waals surface area contributed by atoms with Crippen LogP contribution in [0, 0.1) is 0 Å². The first kappa shape index (κ1) is 14.3. The van der Waals surface area contributed by atoms with Gasteiger partial charge in [0.15, 0.2) is 0 Å². The maximum absolute atomic E-state index is 12.3. The summed E-state index contributed by atoms with van der Waals surface area (Å²) < 4.78 is 33.8. The van der Waals surface area contributed by atoms with E-state index in [1.807, 2.05) is 0 Å². The Hall–Kier alpha value is -1.60. The molecule has 0 radical (unpaired) electrons. The second-order valence-corrected chi connectivity index (χ2v) is 6.99. The summed E-state index contributed by atoms with van der Waals surface area (Å²) in [6, 6.07) is 4.34. The molecule has 0 bridgehead atoms. The molecular weight excluding hydrogens is 294 g/mol. The number of sulfonamides is 1. The Balaban J connectivity index is 1.90. The van der Waals surface area contributed by atoms with E-state index in [4.69, 9.17) is 14.6 Å². The minimum Gasteiger partial charge on any atom is -0.493 e. The summed E-state index contributed by atoms with van der Waals surface area (Å²) in [6.45, 7) is 0.409. The van der Waals surface area contributed by atoms with Gasteiger partial charge in [0.05, 0.1) is 17.4 Å². The first-order valence-electron chi connectivity index (χ1n) is 6.95. The molecule has 1 saturated carbocycles. The van der Waals surface area contributed by atoms with Crippen molar-refractivity contribution in [2.24, 2.45) is 5.14 Å². The topological polar surface area (TPSA) is 95.7 Å². The lowest BCUT2D eigenvalue weighted by Crippen LogP contribution is -2.30. The van der Waals surface area contributed by atoms with E-state index < -0.39 is 15.9 Å². The van der Waals surface area contributed by atoms with Crippen molar-refractivity contribution in [3.63, 3.8) is 0 Å². The van der Waals surface area contributed by atoms with E-state index in [1.165, 1.54) is 18.2 Å². The molecule has 1 heterocycles. The van der Waals surface area contributed by atoms with Crippen LogP contribution < -0.4 is 9.88 Å². The lowest BCUT2D eigenvalue weighted by Gasteiger charge is -2.30. The smallest absolute Gasteiger partial charge is 0.313 e. The largest absolute Gasteiger partial charge is 0.493 e. The molecule has 1 fully saturated rings. The van der Waals surface area contributed by atoms with Crippen molar-refractivity contribution in [2.45, 2.75) is 42.6 Å². The van der Waals surface area contributed by atoms with Crippen LogP contribution in [0.3, 0.4) is 0 Å². The first-order valence-corrected chi connectivity index (χ1v) is 8.50. The van der Waals surface area contributed by atoms with Crippen LogP contribution in [0.5, 0.6) is 5.75 Å². The van der Waals surface area contributed by atoms with Crippen LogP contribution in [-0.4, -0.2) is 27.1 Å². The normalized spacial score (nSPS) is 21.9. The van der Waals surface area contributed by atoms with Gasteiger partial charge in [-0.1, -0.05) is 0 Å². The van der Waals surface area contributed by atoms with E-state index in [-0.39, 0.29) is 17.0 Å².